The van der Waals surface area contributed by atoms with Gasteiger partial charge in [-0.1, -0.05) is 6.92 Å². The molecule has 31 heteroatoms. The third-order valence-electron chi connectivity index (χ3n) is 11.6. The highest BCUT2D eigenvalue weighted by Crippen LogP contribution is 2.28. The number of alkyl halides is 3. The highest BCUT2D eigenvalue weighted by atomic mass is 19.4. The van der Waals surface area contributed by atoms with Crippen LogP contribution in [0.15, 0.2) is 12.4 Å². The van der Waals surface area contributed by atoms with E-state index in [9.17, 15) is 48.0 Å². The van der Waals surface area contributed by atoms with Crippen LogP contribution in [-0.4, -0.2) is 295 Å². The summed E-state index contributed by atoms with van der Waals surface area (Å²) in [4.78, 5) is 44.4. The maximum Gasteiger partial charge on any atom is 0.434 e. The Bertz CT molecular complexity index is 1780. The van der Waals surface area contributed by atoms with Crippen LogP contribution in [-0.2, 0) is 91.6 Å². The van der Waals surface area contributed by atoms with Crippen molar-refractivity contribution in [2.75, 3.05) is 203 Å². The highest BCUT2D eigenvalue weighted by Gasteiger charge is 2.39. The Morgan fingerprint density at radius 3 is 1.54 bits per heavy atom. The van der Waals surface area contributed by atoms with Gasteiger partial charge in [0.2, 0.25) is 17.7 Å². The Morgan fingerprint density at radius 2 is 1.04 bits per heavy atom. The minimum atomic E-state index is -4.69. The van der Waals surface area contributed by atoms with Gasteiger partial charge in [0.1, 0.15) is 42.9 Å². The molecule has 8 atom stereocenters. The van der Waals surface area contributed by atoms with Crippen LogP contribution in [0, 0.1) is 0 Å². The van der Waals surface area contributed by atoms with Crippen molar-refractivity contribution in [3.05, 3.63) is 18.1 Å². The number of carbonyl (C=O) groups excluding carboxylic acids is 3. The summed E-state index contributed by atoms with van der Waals surface area (Å²) in [6.45, 7) is 8.95. The van der Waals surface area contributed by atoms with Crippen molar-refractivity contribution in [1.82, 2.24) is 25.9 Å². The third kappa shape index (κ3) is 35.6. The lowest BCUT2D eigenvalue weighted by Crippen LogP contribution is -2.57. The van der Waals surface area contributed by atoms with Crippen molar-refractivity contribution in [1.29, 1.82) is 0 Å². The maximum absolute atomic E-state index is 13.0. The standard InChI is InChI=1S/C51H89F3N6O22/c1-2-8-68-14-17-73-26-29-80-37-47(64)58-38(32-76-9-4-45(62)56-6-12-69-15-18-71-20-22-74-24-27-78-35-41-49(66)40(61)3-11-81-41)33-77-10-5-46(63)57-7-13-70-16-19-72-21-23-75-25-28-79-36-42-50(67)48(65)39(34-82-42)59-44-31-55-30-43(60-44)51(52,53)54/h30-31,38-42,48-50,61,65-67H,2-29,32-37H2,1H3,(H,56,62)(H,57,63)(H,58,64)(H,59,60)/t38?,39-,40+,41+,42+,48+,49+,50-/m0/s1. The molecule has 1 aromatic rings. The van der Waals surface area contributed by atoms with Gasteiger partial charge in [0.25, 0.3) is 0 Å². The van der Waals surface area contributed by atoms with E-state index in [1.165, 1.54) is 0 Å². The van der Waals surface area contributed by atoms with E-state index in [2.05, 4.69) is 31.2 Å². The van der Waals surface area contributed by atoms with Gasteiger partial charge in [0.05, 0.1) is 196 Å². The summed E-state index contributed by atoms with van der Waals surface area (Å²) in [6, 6.07) is -1.54. The van der Waals surface area contributed by atoms with Gasteiger partial charge in [0.15, 0.2) is 5.69 Å². The van der Waals surface area contributed by atoms with Gasteiger partial charge in [-0.15, -0.1) is 0 Å². The lowest BCUT2D eigenvalue weighted by atomic mass is 9.98. The van der Waals surface area contributed by atoms with Crippen molar-refractivity contribution in [2.45, 2.75) is 87.5 Å². The fourth-order valence-electron chi connectivity index (χ4n) is 7.27. The summed E-state index contributed by atoms with van der Waals surface area (Å²) in [7, 11) is 0. The number of amides is 3. The summed E-state index contributed by atoms with van der Waals surface area (Å²) >= 11 is 0. The van der Waals surface area contributed by atoms with E-state index in [4.69, 9.17) is 71.1 Å². The smallest absolute Gasteiger partial charge is 0.390 e. The van der Waals surface area contributed by atoms with Crippen LogP contribution in [0.2, 0.25) is 0 Å². The molecule has 3 amide bonds. The molecule has 28 nitrogen and oxygen atoms in total. The number of carbonyl (C=O) groups is 3. The molecule has 0 saturated carbocycles. The predicted molar refractivity (Wildman–Crippen MR) is 281 cm³/mol. The Morgan fingerprint density at radius 1 is 0.573 bits per heavy atom. The van der Waals surface area contributed by atoms with Crippen LogP contribution in [0.1, 0.15) is 38.3 Å². The Hall–Kier alpha value is -3.68. The van der Waals surface area contributed by atoms with Crippen molar-refractivity contribution >= 4 is 23.5 Å². The summed E-state index contributed by atoms with van der Waals surface area (Å²) < 4.78 is 121. The topological polar surface area (TPSA) is 344 Å². The van der Waals surface area contributed by atoms with Crippen LogP contribution in [0.25, 0.3) is 0 Å². The van der Waals surface area contributed by atoms with Crippen molar-refractivity contribution in [3.8, 4) is 0 Å². The number of aromatic nitrogens is 2. The second-order valence-corrected chi connectivity index (χ2v) is 18.4. The largest absolute Gasteiger partial charge is 0.434 e. The van der Waals surface area contributed by atoms with Gasteiger partial charge >= 0.3 is 6.18 Å². The van der Waals surface area contributed by atoms with E-state index in [-0.39, 0.29) is 156 Å². The fraction of sp³-hybridized carbons (Fsp3) is 0.863. The molecule has 0 spiro atoms. The molecule has 8 N–H and O–H groups in total. The summed E-state index contributed by atoms with van der Waals surface area (Å²) in [5.41, 5.74) is -1.20. The Labute approximate surface area is 476 Å². The Balaban J connectivity index is 1.15. The molecule has 3 heterocycles. The van der Waals surface area contributed by atoms with E-state index in [1.807, 2.05) is 6.92 Å². The SMILES string of the molecule is CCCOCCOCCOCC(=O)NC(COCCC(=O)NCCOCCOCCOCCOC[C@H]1OC[C@H](Nc2cncc(C(F)(F)F)n2)[C@@H](O)[C@H]1O)COCCC(=O)NCCOCCOCCOCCOC[C@H]1OCC[C@@H](O)[C@H]1O. The van der Waals surface area contributed by atoms with Crippen LogP contribution in [0.3, 0.4) is 0 Å². The number of hydrogen-bond donors (Lipinski definition) is 8. The Kier molecular flexibility index (Phi) is 41.2. The summed E-state index contributed by atoms with van der Waals surface area (Å²) in [6.07, 6.45) is -7.59. The molecule has 2 aliphatic rings. The van der Waals surface area contributed by atoms with E-state index in [1.54, 1.807) is 0 Å². The number of ether oxygens (including phenoxy) is 15. The molecule has 0 aliphatic carbocycles. The predicted octanol–water partition coefficient (Wildman–Crippen LogP) is -1.97. The molecule has 82 heavy (non-hydrogen) atoms. The number of rotatable bonds is 51. The second kappa shape index (κ2) is 46.6. The molecule has 2 saturated heterocycles. The average Bonchev–Trinajstić information content (AvgIpc) is 3.45. The molecular weight excluding hydrogens is 1110 g/mol. The van der Waals surface area contributed by atoms with E-state index < -0.39 is 66.5 Å². The number of aliphatic hydroxyl groups is 4. The molecule has 1 unspecified atom stereocenters. The summed E-state index contributed by atoms with van der Waals surface area (Å²) in [5, 5.41) is 51.5. The molecular formula is C51H89F3N6O22. The van der Waals surface area contributed by atoms with Crippen molar-refractivity contribution in [3.63, 3.8) is 0 Å². The van der Waals surface area contributed by atoms with Gasteiger partial charge in [-0.25, -0.2) is 4.98 Å². The number of nitrogens with one attached hydrogen (secondary N) is 4. The first kappa shape index (κ1) is 72.6. The lowest BCUT2D eigenvalue weighted by molar-refractivity contribution is -0.161. The van der Waals surface area contributed by atoms with Crippen LogP contribution >= 0.6 is 0 Å². The number of anilines is 1. The van der Waals surface area contributed by atoms with E-state index in [0.29, 0.717) is 85.3 Å². The molecule has 2 fully saturated rings. The normalized spacial score (nSPS) is 20.6. The van der Waals surface area contributed by atoms with Gasteiger partial charge in [-0.05, 0) is 12.8 Å². The lowest BCUT2D eigenvalue weighted by Gasteiger charge is -2.38. The second-order valence-electron chi connectivity index (χ2n) is 18.4. The first-order valence-corrected chi connectivity index (χ1v) is 27.7. The van der Waals surface area contributed by atoms with Gasteiger partial charge in [-0.3, -0.25) is 19.4 Å². The van der Waals surface area contributed by atoms with Crippen LogP contribution in [0.5, 0.6) is 0 Å². The maximum atomic E-state index is 13.0. The van der Waals surface area contributed by atoms with Gasteiger partial charge in [-0.2, -0.15) is 13.2 Å². The van der Waals surface area contributed by atoms with E-state index in [0.717, 1.165) is 12.6 Å². The number of hydrogen-bond acceptors (Lipinski definition) is 25. The van der Waals surface area contributed by atoms with Crippen molar-refractivity contribution in [2.24, 2.45) is 0 Å². The van der Waals surface area contributed by atoms with E-state index >= 15 is 0 Å². The minimum Gasteiger partial charge on any atom is -0.390 e. The monoisotopic (exact) mass is 1190 g/mol. The highest BCUT2D eigenvalue weighted by molar-refractivity contribution is 5.77. The number of nitrogens with zero attached hydrogens (tertiary/aromatic N) is 2. The zero-order chi connectivity index (χ0) is 59.3. The van der Waals surface area contributed by atoms with Crippen molar-refractivity contribution < 1.29 is 119 Å². The molecule has 1 aromatic heterocycles. The molecule has 476 valence electrons. The zero-order valence-electron chi connectivity index (χ0n) is 47.0. The molecule has 2 aliphatic heterocycles. The quantitative estimate of drug-likeness (QED) is 0.0328. The average molecular weight is 1200 g/mol. The fourth-order valence-corrected chi connectivity index (χ4v) is 7.27. The molecule has 0 radical (unpaired) electrons. The number of aliphatic hydroxyl groups excluding tert-OH is 4. The van der Waals surface area contributed by atoms with Gasteiger partial charge in [0, 0.05) is 39.1 Å². The number of halogens is 3. The van der Waals surface area contributed by atoms with Crippen LogP contribution < -0.4 is 21.3 Å². The molecule has 0 aromatic carbocycles. The molecule has 3 rings (SSSR count). The minimum absolute atomic E-state index is 0.0248. The third-order valence-corrected chi connectivity index (χ3v) is 11.6. The summed E-state index contributed by atoms with van der Waals surface area (Å²) in [5.74, 6) is -1.15. The molecule has 0 bridgehead atoms. The first-order valence-electron chi connectivity index (χ1n) is 27.7. The van der Waals surface area contributed by atoms with Gasteiger partial charge < -0.3 is 113 Å². The zero-order valence-corrected chi connectivity index (χ0v) is 47.0. The van der Waals surface area contributed by atoms with Crippen LogP contribution in [0.4, 0.5) is 19.0 Å². The first-order chi connectivity index (χ1) is 39.8.